The second kappa shape index (κ2) is 7.60. The Hall–Kier alpha value is -1.87. The Morgan fingerprint density at radius 1 is 1.43 bits per heavy atom. The van der Waals surface area contributed by atoms with E-state index in [1.54, 1.807) is 13.8 Å². The summed E-state index contributed by atoms with van der Waals surface area (Å²) < 4.78 is 30.2. The van der Waals surface area contributed by atoms with Crippen molar-refractivity contribution in [3.8, 4) is 0 Å². The van der Waals surface area contributed by atoms with Crippen molar-refractivity contribution in [2.75, 3.05) is 16.6 Å². The number of nitrogens with zero attached hydrogens (tertiary/aromatic N) is 2. The van der Waals surface area contributed by atoms with Gasteiger partial charge in [-0.25, -0.2) is 8.42 Å². The number of ether oxygens (including phenoxy) is 1. The Balaban J connectivity index is 3.33. The van der Waals surface area contributed by atoms with Crippen molar-refractivity contribution in [1.82, 2.24) is 0 Å². The summed E-state index contributed by atoms with van der Waals surface area (Å²) in [6.45, 7) is 4.02. The zero-order chi connectivity index (χ0) is 17.8. The van der Waals surface area contributed by atoms with Gasteiger partial charge in [0.1, 0.15) is 6.54 Å². The number of nitro groups is 1. The number of anilines is 1. The molecule has 0 saturated carbocycles. The van der Waals surface area contributed by atoms with Crippen LogP contribution in [0.1, 0.15) is 20.8 Å². The molecule has 1 aromatic carbocycles. The largest absolute Gasteiger partial charge is 0.462 e. The van der Waals surface area contributed by atoms with Crippen LogP contribution in [-0.2, 0) is 19.6 Å². The summed E-state index contributed by atoms with van der Waals surface area (Å²) in [5.41, 5.74) is -0.471. The number of nitro benzene ring substituents is 1. The molecule has 1 aromatic rings. The minimum absolute atomic E-state index is 0.0232. The SMILES string of the molecule is CCS(=O)(=O)N(CC(=O)OC(C)C)c1cc([N+](=O)[O-])ccc1Cl. The molecule has 8 nitrogen and oxygen atoms in total. The molecule has 0 spiro atoms. The van der Waals surface area contributed by atoms with Gasteiger partial charge in [0, 0.05) is 12.1 Å². The Bertz CT molecular complexity index is 704. The number of carbonyl (C=O) groups excluding carboxylic acids is 1. The lowest BCUT2D eigenvalue weighted by molar-refractivity contribution is -0.384. The van der Waals surface area contributed by atoms with Crippen LogP contribution in [0.25, 0.3) is 0 Å². The van der Waals surface area contributed by atoms with Gasteiger partial charge < -0.3 is 4.74 Å². The molecule has 0 bridgehead atoms. The van der Waals surface area contributed by atoms with Crippen LogP contribution in [0.4, 0.5) is 11.4 Å². The molecular weight excluding hydrogens is 348 g/mol. The number of halogens is 1. The lowest BCUT2D eigenvalue weighted by Crippen LogP contribution is -2.38. The minimum Gasteiger partial charge on any atom is -0.462 e. The van der Waals surface area contributed by atoms with Crippen molar-refractivity contribution in [2.45, 2.75) is 26.9 Å². The quantitative estimate of drug-likeness (QED) is 0.417. The van der Waals surface area contributed by atoms with Crippen LogP contribution in [0.15, 0.2) is 18.2 Å². The van der Waals surface area contributed by atoms with Gasteiger partial charge in [-0.15, -0.1) is 0 Å². The van der Waals surface area contributed by atoms with Crippen LogP contribution in [-0.4, -0.2) is 37.7 Å². The van der Waals surface area contributed by atoms with Gasteiger partial charge in [0.2, 0.25) is 10.0 Å². The molecule has 0 saturated heterocycles. The summed E-state index contributed by atoms with van der Waals surface area (Å²) in [4.78, 5) is 22.0. The third-order valence-corrected chi connectivity index (χ3v) is 4.80. The van der Waals surface area contributed by atoms with E-state index >= 15 is 0 Å². The highest BCUT2D eigenvalue weighted by molar-refractivity contribution is 7.92. The molecule has 0 N–H and O–H groups in total. The molecule has 0 aliphatic heterocycles. The molecule has 0 aliphatic carbocycles. The van der Waals surface area contributed by atoms with E-state index in [2.05, 4.69) is 0 Å². The maximum absolute atomic E-state index is 12.2. The third kappa shape index (κ3) is 5.07. The van der Waals surface area contributed by atoms with Crippen molar-refractivity contribution >= 4 is 39.0 Å². The van der Waals surface area contributed by atoms with Crippen molar-refractivity contribution in [3.63, 3.8) is 0 Å². The zero-order valence-electron chi connectivity index (χ0n) is 12.9. The Morgan fingerprint density at radius 2 is 2.04 bits per heavy atom. The van der Waals surface area contributed by atoms with Crippen LogP contribution in [0, 0.1) is 10.1 Å². The van der Waals surface area contributed by atoms with Gasteiger partial charge in [0.15, 0.2) is 0 Å². The first-order valence-electron chi connectivity index (χ1n) is 6.72. The van der Waals surface area contributed by atoms with Gasteiger partial charge in [-0.05, 0) is 26.8 Å². The first-order valence-corrected chi connectivity index (χ1v) is 8.71. The lowest BCUT2D eigenvalue weighted by Gasteiger charge is -2.24. The number of hydrogen-bond donors (Lipinski definition) is 0. The van der Waals surface area contributed by atoms with E-state index in [1.807, 2.05) is 0 Å². The molecule has 0 fully saturated rings. The summed E-state index contributed by atoms with van der Waals surface area (Å²) in [5.74, 6) is -1.08. The van der Waals surface area contributed by atoms with Crippen molar-refractivity contribution < 1.29 is 22.9 Å². The molecule has 0 radical (unpaired) electrons. The fourth-order valence-corrected chi connectivity index (χ4v) is 3.05. The number of carbonyl (C=O) groups is 1. The van der Waals surface area contributed by atoms with Gasteiger partial charge in [-0.2, -0.15) is 0 Å². The highest BCUT2D eigenvalue weighted by Gasteiger charge is 2.28. The summed E-state index contributed by atoms with van der Waals surface area (Å²) in [6, 6.07) is 3.37. The van der Waals surface area contributed by atoms with Crippen molar-refractivity contribution in [1.29, 1.82) is 0 Å². The molecule has 128 valence electrons. The van der Waals surface area contributed by atoms with Crippen LogP contribution >= 0.6 is 11.6 Å². The first-order chi connectivity index (χ1) is 10.6. The monoisotopic (exact) mass is 364 g/mol. The van der Waals surface area contributed by atoms with Gasteiger partial charge in [-0.3, -0.25) is 19.2 Å². The number of rotatable bonds is 7. The van der Waals surface area contributed by atoms with Gasteiger partial charge in [0.05, 0.1) is 27.5 Å². The maximum atomic E-state index is 12.2. The van der Waals surface area contributed by atoms with Crippen LogP contribution in [0.3, 0.4) is 0 Å². The third-order valence-electron chi connectivity index (χ3n) is 2.75. The molecule has 0 unspecified atom stereocenters. The van der Waals surface area contributed by atoms with Crippen molar-refractivity contribution in [2.24, 2.45) is 0 Å². The number of hydrogen-bond acceptors (Lipinski definition) is 6. The van der Waals surface area contributed by atoms with E-state index < -0.39 is 33.6 Å². The average molecular weight is 365 g/mol. The summed E-state index contributed by atoms with van der Waals surface area (Å²) in [5, 5.41) is 10.9. The maximum Gasteiger partial charge on any atom is 0.327 e. The second-order valence-corrected chi connectivity index (χ2v) is 7.43. The smallest absolute Gasteiger partial charge is 0.327 e. The number of benzene rings is 1. The van der Waals surface area contributed by atoms with E-state index in [-0.39, 0.29) is 22.2 Å². The highest BCUT2D eigenvalue weighted by atomic mass is 35.5. The molecule has 0 atom stereocenters. The normalized spacial score (nSPS) is 11.3. The molecule has 1 rings (SSSR count). The topological polar surface area (TPSA) is 107 Å². The molecule has 23 heavy (non-hydrogen) atoms. The van der Waals surface area contributed by atoms with E-state index in [0.717, 1.165) is 16.4 Å². The lowest BCUT2D eigenvalue weighted by atomic mass is 10.3. The van der Waals surface area contributed by atoms with E-state index in [9.17, 15) is 23.3 Å². The fourth-order valence-electron chi connectivity index (χ4n) is 1.71. The standard InChI is InChI=1S/C13H17ClN2O6S/c1-4-23(20,21)15(8-13(17)22-9(2)3)12-7-10(16(18)19)5-6-11(12)14/h5-7,9H,4,8H2,1-3H3. The molecule has 0 aliphatic rings. The molecular formula is C13H17ClN2O6S. The van der Waals surface area contributed by atoms with E-state index in [4.69, 9.17) is 16.3 Å². The summed E-state index contributed by atoms with van der Waals surface area (Å²) >= 11 is 5.97. The van der Waals surface area contributed by atoms with Gasteiger partial charge in [0.25, 0.3) is 5.69 Å². The molecule has 0 heterocycles. The van der Waals surface area contributed by atoms with Crippen LogP contribution in [0.2, 0.25) is 5.02 Å². The molecule has 10 heteroatoms. The first kappa shape index (κ1) is 19.2. The Morgan fingerprint density at radius 3 is 2.52 bits per heavy atom. The average Bonchev–Trinajstić information content (AvgIpc) is 2.44. The van der Waals surface area contributed by atoms with Gasteiger partial charge in [-0.1, -0.05) is 11.6 Å². The van der Waals surface area contributed by atoms with E-state index in [1.165, 1.54) is 13.0 Å². The predicted octanol–water partition coefficient (Wildman–Crippen LogP) is 2.36. The second-order valence-electron chi connectivity index (χ2n) is 4.84. The minimum atomic E-state index is -3.88. The predicted molar refractivity (Wildman–Crippen MR) is 86.1 cm³/mol. The Labute approximate surface area is 139 Å². The number of non-ortho nitro benzene ring substituents is 1. The van der Waals surface area contributed by atoms with Crippen molar-refractivity contribution in [3.05, 3.63) is 33.3 Å². The summed E-state index contributed by atoms with van der Waals surface area (Å²) in [7, 11) is -3.88. The number of sulfonamides is 1. The van der Waals surface area contributed by atoms with Crippen LogP contribution < -0.4 is 4.31 Å². The Kier molecular flexibility index (Phi) is 6.34. The molecule has 0 aromatic heterocycles. The number of esters is 1. The summed E-state index contributed by atoms with van der Waals surface area (Å²) in [6.07, 6.45) is -0.422. The van der Waals surface area contributed by atoms with Gasteiger partial charge >= 0.3 is 5.97 Å². The fraction of sp³-hybridized carbons (Fsp3) is 0.462. The van der Waals surface area contributed by atoms with Crippen LogP contribution in [0.5, 0.6) is 0 Å². The molecule has 0 amide bonds. The zero-order valence-corrected chi connectivity index (χ0v) is 14.4. The highest BCUT2D eigenvalue weighted by Crippen LogP contribution is 2.32. The van der Waals surface area contributed by atoms with E-state index in [0.29, 0.717) is 0 Å².